The quantitative estimate of drug-likeness (QED) is 0.737. The Labute approximate surface area is 103 Å². The van der Waals surface area contributed by atoms with E-state index in [2.05, 4.69) is 4.98 Å². The van der Waals surface area contributed by atoms with Crippen LogP contribution in [0.15, 0.2) is 21.9 Å². The number of H-pyrrole nitrogens is 1. The van der Waals surface area contributed by atoms with E-state index in [0.717, 1.165) is 0 Å². The average Bonchev–Trinajstić information content (AvgIpc) is 2.72. The Morgan fingerprint density at radius 1 is 1.61 bits per heavy atom. The molecule has 1 aliphatic heterocycles. The molecule has 2 heterocycles. The van der Waals surface area contributed by atoms with Crippen molar-refractivity contribution in [2.45, 2.75) is 31.8 Å². The summed E-state index contributed by atoms with van der Waals surface area (Å²) in [5.41, 5.74) is -0.976. The zero-order valence-corrected chi connectivity index (χ0v) is 10.0. The number of aliphatic hydroxyl groups excluding tert-OH is 1. The van der Waals surface area contributed by atoms with Crippen LogP contribution in [0.2, 0.25) is 0 Å². The molecule has 7 nitrogen and oxygen atoms in total. The van der Waals surface area contributed by atoms with Gasteiger partial charge in [0.1, 0.15) is 12.3 Å². The van der Waals surface area contributed by atoms with Gasteiger partial charge in [0.2, 0.25) is 0 Å². The molecule has 0 radical (unpaired) electrons. The van der Waals surface area contributed by atoms with Gasteiger partial charge < -0.3 is 14.6 Å². The van der Waals surface area contributed by atoms with Crippen molar-refractivity contribution >= 4 is 0 Å². The largest absolute Gasteiger partial charge is 0.394 e. The second-order valence-electron chi connectivity index (χ2n) is 4.06. The van der Waals surface area contributed by atoms with E-state index in [9.17, 15) is 14.7 Å². The number of hydrogen-bond donors (Lipinski definition) is 2. The molecular formula is C11H16N2O5. The molecule has 1 aromatic rings. The van der Waals surface area contributed by atoms with Gasteiger partial charge in [-0.2, -0.15) is 0 Å². The molecule has 18 heavy (non-hydrogen) atoms. The minimum atomic E-state index is -0.527. The molecule has 0 aromatic carbocycles. The number of aromatic amines is 1. The first-order valence-corrected chi connectivity index (χ1v) is 5.85. The Kier molecular flexibility index (Phi) is 3.95. The minimum Gasteiger partial charge on any atom is -0.394 e. The molecular weight excluding hydrogens is 240 g/mol. The maximum atomic E-state index is 11.6. The number of aromatic nitrogens is 2. The van der Waals surface area contributed by atoms with Gasteiger partial charge in [0.15, 0.2) is 0 Å². The van der Waals surface area contributed by atoms with Crippen molar-refractivity contribution in [3.05, 3.63) is 33.1 Å². The van der Waals surface area contributed by atoms with Crippen LogP contribution in [0, 0.1) is 0 Å². The lowest BCUT2D eigenvalue weighted by Gasteiger charge is -2.15. The van der Waals surface area contributed by atoms with Crippen LogP contribution in [0.5, 0.6) is 0 Å². The number of nitrogens with zero attached hydrogens (tertiary/aromatic N) is 1. The third-order valence-electron chi connectivity index (χ3n) is 2.90. The fourth-order valence-corrected chi connectivity index (χ4v) is 2.08. The lowest BCUT2D eigenvalue weighted by atomic mass is 10.2. The maximum Gasteiger partial charge on any atom is 0.330 e. The molecule has 0 amide bonds. The van der Waals surface area contributed by atoms with Crippen LogP contribution in [-0.4, -0.2) is 40.1 Å². The Bertz CT molecular complexity index is 509. The first-order chi connectivity index (χ1) is 8.65. The molecule has 0 saturated carbocycles. The van der Waals surface area contributed by atoms with Crippen LogP contribution in [0.1, 0.15) is 19.6 Å². The minimum absolute atomic E-state index is 0.167. The summed E-state index contributed by atoms with van der Waals surface area (Å²) in [6.45, 7) is 2.20. The predicted molar refractivity (Wildman–Crippen MR) is 62.3 cm³/mol. The Morgan fingerprint density at radius 3 is 3.00 bits per heavy atom. The van der Waals surface area contributed by atoms with Crippen molar-refractivity contribution in [2.24, 2.45) is 0 Å². The normalized spacial score (nSPS) is 27.6. The van der Waals surface area contributed by atoms with Crippen molar-refractivity contribution < 1.29 is 14.6 Å². The third kappa shape index (κ3) is 2.53. The molecule has 2 N–H and O–H groups in total. The van der Waals surface area contributed by atoms with E-state index in [1.165, 1.54) is 16.8 Å². The molecule has 3 unspecified atom stereocenters. The van der Waals surface area contributed by atoms with Crippen LogP contribution in [0.3, 0.4) is 0 Å². The summed E-state index contributed by atoms with van der Waals surface area (Å²) < 4.78 is 12.3. The highest BCUT2D eigenvalue weighted by molar-refractivity contribution is 4.88. The van der Waals surface area contributed by atoms with Gasteiger partial charge in [0, 0.05) is 25.3 Å². The monoisotopic (exact) mass is 256 g/mol. The van der Waals surface area contributed by atoms with Gasteiger partial charge in [-0.05, 0) is 6.92 Å². The van der Waals surface area contributed by atoms with Crippen molar-refractivity contribution in [2.75, 3.05) is 13.2 Å². The van der Waals surface area contributed by atoms with Crippen LogP contribution in [0.4, 0.5) is 0 Å². The van der Waals surface area contributed by atoms with Gasteiger partial charge in [0.25, 0.3) is 5.56 Å². The van der Waals surface area contributed by atoms with Gasteiger partial charge in [-0.25, -0.2) is 4.79 Å². The van der Waals surface area contributed by atoms with Crippen LogP contribution in [0.25, 0.3) is 0 Å². The summed E-state index contributed by atoms with van der Waals surface area (Å²) in [5.74, 6) is 0. The summed E-state index contributed by atoms with van der Waals surface area (Å²) >= 11 is 0. The number of aliphatic hydroxyl groups is 1. The first kappa shape index (κ1) is 13.0. The molecule has 1 saturated heterocycles. The van der Waals surface area contributed by atoms with E-state index in [-0.39, 0.29) is 12.7 Å². The van der Waals surface area contributed by atoms with Crippen molar-refractivity contribution in [3.63, 3.8) is 0 Å². The third-order valence-corrected chi connectivity index (χ3v) is 2.90. The second kappa shape index (κ2) is 5.47. The van der Waals surface area contributed by atoms with Crippen molar-refractivity contribution in [1.29, 1.82) is 0 Å². The highest BCUT2D eigenvalue weighted by Crippen LogP contribution is 2.29. The van der Waals surface area contributed by atoms with E-state index in [1.54, 1.807) is 0 Å². The summed E-state index contributed by atoms with van der Waals surface area (Å²) in [6, 6.07) is 1.26. The van der Waals surface area contributed by atoms with E-state index in [0.29, 0.717) is 13.0 Å². The lowest BCUT2D eigenvalue weighted by Crippen LogP contribution is -2.31. The molecule has 7 heteroatoms. The molecule has 0 spiro atoms. The highest BCUT2D eigenvalue weighted by atomic mass is 16.6. The number of nitrogens with one attached hydrogen (secondary N) is 1. The first-order valence-electron chi connectivity index (χ1n) is 5.85. The summed E-state index contributed by atoms with van der Waals surface area (Å²) in [5, 5.41) is 9.19. The molecule has 0 aliphatic carbocycles. The summed E-state index contributed by atoms with van der Waals surface area (Å²) in [7, 11) is 0. The zero-order chi connectivity index (χ0) is 13.1. The van der Waals surface area contributed by atoms with Crippen LogP contribution < -0.4 is 11.2 Å². The standard InChI is InChI=1S/C11H16N2O5/c1-2-17-7-5-10(18-8(7)6-14)13-4-3-9(15)12-11(13)16/h3-4,7-8,10,14H,2,5-6H2,1H3,(H,12,15,16). The molecule has 0 bridgehead atoms. The van der Waals surface area contributed by atoms with Gasteiger partial charge in [-0.1, -0.05) is 0 Å². The highest BCUT2D eigenvalue weighted by Gasteiger charge is 2.36. The Morgan fingerprint density at radius 2 is 2.39 bits per heavy atom. The smallest absolute Gasteiger partial charge is 0.330 e. The number of hydrogen-bond acceptors (Lipinski definition) is 5. The van der Waals surface area contributed by atoms with Gasteiger partial charge in [0.05, 0.1) is 12.7 Å². The topological polar surface area (TPSA) is 93.6 Å². The van der Waals surface area contributed by atoms with E-state index in [1.807, 2.05) is 6.92 Å². The van der Waals surface area contributed by atoms with Gasteiger partial charge in [-0.3, -0.25) is 14.3 Å². The molecule has 1 fully saturated rings. The van der Waals surface area contributed by atoms with Crippen molar-refractivity contribution in [1.82, 2.24) is 9.55 Å². The summed E-state index contributed by atoms with van der Waals surface area (Å²) in [4.78, 5) is 24.7. The van der Waals surface area contributed by atoms with Crippen molar-refractivity contribution in [3.8, 4) is 0 Å². The second-order valence-corrected chi connectivity index (χ2v) is 4.06. The molecule has 1 aromatic heterocycles. The lowest BCUT2D eigenvalue weighted by molar-refractivity contribution is -0.0603. The molecule has 1 aliphatic rings. The zero-order valence-electron chi connectivity index (χ0n) is 10.0. The summed E-state index contributed by atoms with van der Waals surface area (Å²) in [6.07, 6.45) is 0.625. The molecule has 100 valence electrons. The van der Waals surface area contributed by atoms with E-state index in [4.69, 9.17) is 9.47 Å². The maximum absolute atomic E-state index is 11.6. The fraction of sp³-hybridized carbons (Fsp3) is 0.636. The predicted octanol–water partition coefficient (Wildman–Crippen LogP) is -0.778. The number of ether oxygens (including phenoxy) is 2. The average molecular weight is 256 g/mol. The van der Waals surface area contributed by atoms with Crippen LogP contribution >= 0.6 is 0 Å². The fourth-order valence-electron chi connectivity index (χ4n) is 2.08. The van der Waals surface area contributed by atoms with E-state index >= 15 is 0 Å². The van der Waals surface area contributed by atoms with E-state index < -0.39 is 23.6 Å². The Balaban J connectivity index is 2.20. The molecule has 3 atom stereocenters. The Hall–Kier alpha value is -1.44. The SMILES string of the molecule is CCOC1CC(n2ccc(=O)[nH]c2=O)OC1CO. The van der Waals surface area contributed by atoms with Gasteiger partial charge in [-0.15, -0.1) is 0 Å². The van der Waals surface area contributed by atoms with Crippen LogP contribution in [-0.2, 0) is 9.47 Å². The van der Waals surface area contributed by atoms with Gasteiger partial charge >= 0.3 is 5.69 Å². The molecule has 2 rings (SSSR count). The number of rotatable bonds is 4.